The van der Waals surface area contributed by atoms with Gasteiger partial charge in [0.05, 0.1) is 33.9 Å². The maximum Gasteiger partial charge on any atom is 0.341 e. The summed E-state index contributed by atoms with van der Waals surface area (Å²) in [5.41, 5.74) is 2.45. The SMILES string of the molecule is CCOC(=O)c1c(NC)cc(-c2ccccc2)c([N+](=O)[O-])c1-c1ccccc1. The normalized spacial score (nSPS) is 10.4. The van der Waals surface area contributed by atoms with Gasteiger partial charge in [0.15, 0.2) is 0 Å². The molecule has 0 aliphatic carbocycles. The number of hydrogen-bond donors (Lipinski definition) is 1. The van der Waals surface area contributed by atoms with Gasteiger partial charge in [-0.15, -0.1) is 0 Å². The van der Waals surface area contributed by atoms with Crippen molar-refractivity contribution in [3.05, 3.63) is 82.4 Å². The van der Waals surface area contributed by atoms with E-state index in [0.29, 0.717) is 22.4 Å². The summed E-state index contributed by atoms with van der Waals surface area (Å²) >= 11 is 0. The van der Waals surface area contributed by atoms with Crippen molar-refractivity contribution in [1.29, 1.82) is 0 Å². The lowest BCUT2D eigenvalue weighted by molar-refractivity contribution is -0.383. The lowest BCUT2D eigenvalue weighted by Gasteiger charge is -2.17. The number of benzene rings is 3. The summed E-state index contributed by atoms with van der Waals surface area (Å²) in [7, 11) is 1.67. The molecule has 0 atom stereocenters. The summed E-state index contributed by atoms with van der Waals surface area (Å²) in [4.78, 5) is 24.5. The van der Waals surface area contributed by atoms with Gasteiger partial charge in [-0.25, -0.2) is 4.79 Å². The molecule has 6 heteroatoms. The van der Waals surface area contributed by atoms with E-state index in [-0.39, 0.29) is 23.4 Å². The number of nitro benzene ring substituents is 1. The van der Waals surface area contributed by atoms with Crippen LogP contribution in [-0.4, -0.2) is 24.5 Å². The van der Waals surface area contributed by atoms with Crippen LogP contribution in [0.4, 0.5) is 11.4 Å². The van der Waals surface area contributed by atoms with Crippen molar-refractivity contribution in [2.75, 3.05) is 19.0 Å². The molecule has 3 aromatic rings. The van der Waals surface area contributed by atoms with E-state index in [4.69, 9.17) is 4.74 Å². The van der Waals surface area contributed by atoms with Gasteiger partial charge in [-0.2, -0.15) is 0 Å². The fourth-order valence-corrected chi connectivity index (χ4v) is 3.20. The molecule has 6 nitrogen and oxygen atoms in total. The molecule has 0 amide bonds. The van der Waals surface area contributed by atoms with E-state index in [1.54, 1.807) is 56.4 Å². The van der Waals surface area contributed by atoms with E-state index in [0.717, 1.165) is 0 Å². The molecule has 0 aliphatic heterocycles. The van der Waals surface area contributed by atoms with Crippen molar-refractivity contribution in [3.63, 3.8) is 0 Å². The number of anilines is 1. The molecule has 28 heavy (non-hydrogen) atoms. The Kier molecular flexibility index (Phi) is 5.69. The molecule has 0 radical (unpaired) electrons. The van der Waals surface area contributed by atoms with Gasteiger partial charge in [0.1, 0.15) is 0 Å². The molecule has 0 saturated carbocycles. The van der Waals surface area contributed by atoms with E-state index >= 15 is 0 Å². The molecule has 0 heterocycles. The van der Waals surface area contributed by atoms with Crippen LogP contribution in [0.3, 0.4) is 0 Å². The third kappa shape index (κ3) is 3.57. The number of carbonyl (C=O) groups excluding carboxylic acids is 1. The number of hydrogen-bond acceptors (Lipinski definition) is 5. The van der Waals surface area contributed by atoms with Gasteiger partial charge in [-0.05, 0) is 24.1 Å². The quantitative estimate of drug-likeness (QED) is 0.366. The van der Waals surface area contributed by atoms with Crippen LogP contribution in [-0.2, 0) is 4.74 Å². The molecule has 1 N–H and O–H groups in total. The fraction of sp³-hybridized carbons (Fsp3) is 0.136. The van der Waals surface area contributed by atoms with Crippen LogP contribution < -0.4 is 5.32 Å². The Morgan fingerprint density at radius 2 is 1.61 bits per heavy atom. The van der Waals surface area contributed by atoms with Crippen LogP contribution in [0.2, 0.25) is 0 Å². The smallest absolute Gasteiger partial charge is 0.341 e. The molecule has 0 unspecified atom stereocenters. The minimum atomic E-state index is -0.603. The molecular formula is C22H20N2O4. The van der Waals surface area contributed by atoms with Crippen LogP contribution in [0, 0.1) is 10.1 Å². The van der Waals surface area contributed by atoms with Crippen molar-refractivity contribution in [3.8, 4) is 22.3 Å². The number of ether oxygens (including phenoxy) is 1. The first-order chi connectivity index (χ1) is 13.6. The van der Waals surface area contributed by atoms with Gasteiger partial charge in [-0.1, -0.05) is 60.7 Å². The topological polar surface area (TPSA) is 81.5 Å². The van der Waals surface area contributed by atoms with Gasteiger partial charge in [0.25, 0.3) is 5.69 Å². The van der Waals surface area contributed by atoms with E-state index in [1.807, 2.05) is 24.3 Å². The highest BCUT2D eigenvalue weighted by molar-refractivity contribution is 6.08. The van der Waals surface area contributed by atoms with Gasteiger partial charge in [0.2, 0.25) is 0 Å². The van der Waals surface area contributed by atoms with Gasteiger partial charge in [-0.3, -0.25) is 10.1 Å². The minimum Gasteiger partial charge on any atom is -0.462 e. The number of esters is 1. The molecule has 0 spiro atoms. The Morgan fingerprint density at radius 3 is 2.11 bits per heavy atom. The van der Waals surface area contributed by atoms with Crippen LogP contribution in [0.25, 0.3) is 22.3 Å². The summed E-state index contributed by atoms with van der Waals surface area (Å²) in [6, 6.07) is 19.6. The average Bonchev–Trinajstić information content (AvgIpc) is 2.73. The maximum absolute atomic E-state index is 12.8. The third-order valence-electron chi connectivity index (χ3n) is 4.38. The Labute approximate surface area is 162 Å². The van der Waals surface area contributed by atoms with Crippen LogP contribution in [0.1, 0.15) is 17.3 Å². The first-order valence-corrected chi connectivity index (χ1v) is 8.89. The predicted molar refractivity (Wildman–Crippen MR) is 109 cm³/mol. The van der Waals surface area contributed by atoms with E-state index in [2.05, 4.69) is 5.32 Å². The van der Waals surface area contributed by atoms with Crippen LogP contribution in [0.5, 0.6) is 0 Å². The van der Waals surface area contributed by atoms with E-state index < -0.39 is 10.9 Å². The molecule has 0 fully saturated rings. The van der Waals surface area contributed by atoms with Crippen LogP contribution in [0.15, 0.2) is 66.7 Å². The van der Waals surface area contributed by atoms with Crippen molar-refractivity contribution in [1.82, 2.24) is 0 Å². The zero-order valence-electron chi connectivity index (χ0n) is 15.6. The number of nitro groups is 1. The number of rotatable bonds is 6. The van der Waals surface area contributed by atoms with Crippen molar-refractivity contribution in [2.24, 2.45) is 0 Å². The second kappa shape index (κ2) is 8.35. The third-order valence-corrected chi connectivity index (χ3v) is 4.38. The Morgan fingerprint density at radius 1 is 1.04 bits per heavy atom. The fourth-order valence-electron chi connectivity index (χ4n) is 3.20. The van der Waals surface area contributed by atoms with Gasteiger partial charge >= 0.3 is 5.97 Å². The number of nitrogens with one attached hydrogen (secondary N) is 1. The highest BCUT2D eigenvalue weighted by Gasteiger charge is 2.31. The van der Waals surface area contributed by atoms with Crippen molar-refractivity contribution >= 4 is 17.3 Å². The standard InChI is InChI=1S/C22H20N2O4/c1-3-28-22(25)20-18(23-2)14-17(15-10-6-4-7-11-15)21(24(26)27)19(20)16-12-8-5-9-13-16/h4-14,23H,3H2,1-2H3. The molecule has 3 rings (SSSR count). The molecule has 0 aromatic heterocycles. The molecule has 0 bridgehead atoms. The first kappa shape index (κ1) is 19.1. The Balaban J connectivity index is 2.46. The van der Waals surface area contributed by atoms with Crippen LogP contribution >= 0.6 is 0 Å². The van der Waals surface area contributed by atoms with Gasteiger partial charge in [0, 0.05) is 7.05 Å². The number of carbonyl (C=O) groups is 1. The lowest BCUT2D eigenvalue weighted by Crippen LogP contribution is -2.12. The minimum absolute atomic E-state index is 0.126. The first-order valence-electron chi connectivity index (χ1n) is 8.89. The summed E-state index contributed by atoms with van der Waals surface area (Å²) in [6.07, 6.45) is 0. The molecular weight excluding hydrogens is 356 g/mol. The van der Waals surface area contributed by atoms with Crippen molar-refractivity contribution in [2.45, 2.75) is 6.92 Å². The Hall–Kier alpha value is -3.67. The summed E-state index contributed by atoms with van der Waals surface area (Å²) < 4.78 is 5.21. The zero-order chi connectivity index (χ0) is 20.1. The molecule has 0 aliphatic rings. The predicted octanol–water partition coefficient (Wildman–Crippen LogP) is 5.15. The Bertz CT molecular complexity index is 1000. The van der Waals surface area contributed by atoms with E-state index in [1.165, 1.54) is 0 Å². The lowest BCUT2D eigenvalue weighted by atomic mass is 9.90. The van der Waals surface area contributed by atoms with Crippen molar-refractivity contribution < 1.29 is 14.5 Å². The second-order valence-corrected chi connectivity index (χ2v) is 6.03. The highest BCUT2D eigenvalue weighted by Crippen LogP contribution is 2.44. The highest BCUT2D eigenvalue weighted by atomic mass is 16.6. The summed E-state index contributed by atoms with van der Waals surface area (Å²) in [5.74, 6) is -0.603. The van der Waals surface area contributed by atoms with Gasteiger partial charge < -0.3 is 10.1 Å². The monoisotopic (exact) mass is 376 g/mol. The molecule has 0 saturated heterocycles. The van der Waals surface area contributed by atoms with E-state index in [9.17, 15) is 14.9 Å². The second-order valence-electron chi connectivity index (χ2n) is 6.03. The number of nitrogens with zero attached hydrogens (tertiary/aromatic N) is 1. The summed E-state index contributed by atoms with van der Waals surface area (Å²) in [6.45, 7) is 1.87. The summed E-state index contributed by atoms with van der Waals surface area (Å²) in [5, 5.41) is 15.2. The average molecular weight is 376 g/mol. The molecule has 142 valence electrons. The molecule has 3 aromatic carbocycles. The maximum atomic E-state index is 12.8. The largest absolute Gasteiger partial charge is 0.462 e. The zero-order valence-corrected chi connectivity index (χ0v) is 15.6.